The fourth-order valence-electron chi connectivity index (χ4n) is 4.21. The number of para-hydroxylation sites is 1. The van der Waals surface area contributed by atoms with Gasteiger partial charge in [0.1, 0.15) is 0 Å². The van der Waals surface area contributed by atoms with Gasteiger partial charge in [0.15, 0.2) is 0 Å². The van der Waals surface area contributed by atoms with E-state index in [1.54, 1.807) is 30.3 Å². The summed E-state index contributed by atoms with van der Waals surface area (Å²) >= 11 is 0. The molecule has 5 rings (SSSR count). The molecule has 4 aromatic carbocycles. The minimum atomic E-state index is -3.83. The molecule has 0 unspecified atom stereocenters. The van der Waals surface area contributed by atoms with E-state index in [1.807, 2.05) is 67.6 Å². The lowest BCUT2D eigenvalue weighted by Crippen LogP contribution is -2.12. The molecule has 0 aliphatic heterocycles. The zero-order valence-electron chi connectivity index (χ0n) is 17.0. The first-order valence-electron chi connectivity index (χ1n) is 10.1. The molecule has 0 aliphatic carbocycles. The van der Waals surface area contributed by atoms with Gasteiger partial charge in [-0.3, -0.25) is 0 Å². The van der Waals surface area contributed by atoms with E-state index in [2.05, 4.69) is 0 Å². The summed E-state index contributed by atoms with van der Waals surface area (Å²) in [6.07, 6.45) is 0. The lowest BCUT2D eigenvalue weighted by Gasteiger charge is -2.12. The molecule has 4 nitrogen and oxygen atoms in total. The van der Waals surface area contributed by atoms with Crippen molar-refractivity contribution in [1.82, 2.24) is 3.97 Å². The molecule has 0 amide bonds. The van der Waals surface area contributed by atoms with Gasteiger partial charge < -0.3 is 5.11 Å². The van der Waals surface area contributed by atoms with E-state index < -0.39 is 10.0 Å². The second-order valence-electron chi connectivity index (χ2n) is 7.62. The first-order valence-corrected chi connectivity index (χ1v) is 11.5. The second-order valence-corrected chi connectivity index (χ2v) is 9.40. The molecule has 0 aliphatic rings. The van der Waals surface area contributed by atoms with Crippen molar-refractivity contribution in [3.63, 3.8) is 0 Å². The maximum atomic E-state index is 13.8. The van der Waals surface area contributed by atoms with Gasteiger partial charge in [-0.15, -0.1) is 0 Å². The molecule has 5 aromatic rings. The van der Waals surface area contributed by atoms with Crippen LogP contribution in [0.5, 0.6) is 0 Å². The van der Waals surface area contributed by atoms with Gasteiger partial charge in [-0.25, -0.2) is 12.4 Å². The topological polar surface area (TPSA) is 59.3 Å². The van der Waals surface area contributed by atoms with E-state index in [1.165, 1.54) is 3.97 Å². The summed E-state index contributed by atoms with van der Waals surface area (Å²) in [5.74, 6) is 0. The average Bonchev–Trinajstić information content (AvgIpc) is 3.14. The lowest BCUT2D eigenvalue weighted by molar-refractivity contribution is 0.282. The number of hydrogen-bond donors (Lipinski definition) is 1. The zero-order chi connectivity index (χ0) is 21.6. The number of aryl methyl sites for hydroxylation is 1. The molecule has 5 heteroatoms. The van der Waals surface area contributed by atoms with Crippen molar-refractivity contribution in [2.45, 2.75) is 18.4 Å². The fraction of sp³-hybridized carbons (Fsp3) is 0.0769. The van der Waals surface area contributed by atoms with Crippen LogP contribution in [0.1, 0.15) is 11.1 Å². The van der Waals surface area contributed by atoms with Crippen molar-refractivity contribution < 1.29 is 13.5 Å². The van der Waals surface area contributed by atoms with Crippen molar-refractivity contribution in [2.75, 3.05) is 0 Å². The van der Waals surface area contributed by atoms with Gasteiger partial charge >= 0.3 is 0 Å². The molecule has 0 saturated heterocycles. The molecule has 31 heavy (non-hydrogen) atoms. The summed E-state index contributed by atoms with van der Waals surface area (Å²) in [5.41, 5.74) is 4.76. The highest BCUT2D eigenvalue weighted by Gasteiger charge is 2.25. The Morgan fingerprint density at radius 1 is 0.774 bits per heavy atom. The van der Waals surface area contributed by atoms with Crippen LogP contribution >= 0.6 is 0 Å². The molecule has 0 radical (unpaired) electrons. The van der Waals surface area contributed by atoms with Crippen LogP contribution in [0, 0.1) is 6.92 Å². The van der Waals surface area contributed by atoms with Crippen molar-refractivity contribution in [1.29, 1.82) is 0 Å². The van der Waals surface area contributed by atoms with Crippen LogP contribution in [0.3, 0.4) is 0 Å². The van der Waals surface area contributed by atoms with Crippen LogP contribution in [0.4, 0.5) is 0 Å². The molecule has 1 heterocycles. The monoisotopic (exact) mass is 427 g/mol. The third-order valence-corrected chi connectivity index (χ3v) is 7.41. The maximum absolute atomic E-state index is 13.8. The van der Waals surface area contributed by atoms with Gasteiger partial charge in [-0.05, 0) is 47.9 Å². The maximum Gasteiger partial charge on any atom is 0.268 e. The van der Waals surface area contributed by atoms with Gasteiger partial charge in [0.25, 0.3) is 10.0 Å². The van der Waals surface area contributed by atoms with Crippen LogP contribution in [-0.2, 0) is 16.6 Å². The van der Waals surface area contributed by atoms with Gasteiger partial charge in [0, 0.05) is 10.8 Å². The summed E-state index contributed by atoms with van der Waals surface area (Å²) in [6, 6.07) is 27.8. The molecule has 0 bridgehead atoms. The van der Waals surface area contributed by atoms with E-state index in [0.29, 0.717) is 11.0 Å². The second kappa shape index (κ2) is 7.38. The van der Waals surface area contributed by atoms with Crippen molar-refractivity contribution >= 4 is 31.8 Å². The molecule has 0 fully saturated rings. The summed E-state index contributed by atoms with van der Waals surface area (Å²) in [7, 11) is -3.83. The van der Waals surface area contributed by atoms with Crippen LogP contribution in [0.25, 0.3) is 32.9 Å². The summed E-state index contributed by atoms with van der Waals surface area (Å²) in [6.45, 7) is 1.80. The largest absolute Gasteiger partial charge is 0.392 e. The normalized spacial score (nSPS) is 11.9. The van der Waals surface area contributed by atoms with E-state index in [0.717, 1.165) is 33.0 Å². The summed E-state index contributed by atoms with van der Waals surface area (Å²) in [4.78, 5) is 0.244. The Morgan fingerprint density at radius 2 is 1.45 bits per heavy atom. The van der Waals surface area contributed by atoms with Crippen molar-refractivity contribution in [3.8, 4) is 11.1 Å². The lowest BCUT2D eigenvalue weighted by atomic mass is 9.94. The number of benzene rings is 4. The minimum Gasteiger partial charge on any atom is -0.392 e. The highest BCUT2D eigenvalue weighted by atomic mass is 32.2. The zero-order valence-corrected chi connectivity index (χ0v) is 17.8. The fourth-order valence-corrected chi connectivity index (χ4v) is 5.73. The molecule has 0 atom stereocenters. The first kappa shape index (κ1) is 19.5. The number of hydrogen-bond acceptors (Lipinski definition) is 3. The van der Waals surface area contributed by atoms with Crippen LogP contribution in [0.2, 0.25) is 0 Å². The third kappa shape index (κ3) is 3.05. The Morgan fingerprint density at radius 3 is 2.16 bits per heavy atom. The predicted octanol–water partition coefficient (Wildman–Crippen LogP) is 5.50. The van der Waals surface area contributed by atoms with E-state index in [4.69, 9.17) is 0 Å². The molecule has 0 saturated carbocycles. The molecular formula is C26H21NO3S. The molecule has 0 spiro atoms. The smallest absolute Gasteiger partial charge is 0.268 e. The highest BCUT2D eigenvalue weighted by Crippen LogP contribution is 2.40. The quantitative estimate of drug-likeness (QED) is 0.412. The van der Waals surface area contributed by atoms with Crippen molar-refractivity contribution in [2.24, 2.45) is 0 Å². The van der Waals surface area contributed by atoms with Crippen LogP contribution in [0.15, 0.2) is 95.9 Å². The van der Waals surface area contributed by atoms with Crippen LogP contribution < -0.4 is 0 Å². The standard InChI is InChI=1S/C26H21NO3S/c1-18-11-14-21(15-12-18)31(29,30)27-23-10-6-5-9-22(23)26-24(27)16-13-20(17-28)25(26)19-7-3-2-4-8-19/h2-16,28H,17H2,1H3. The van der Waals surface area contributed by atoms with Gasteiger partial charge in [0.2, 0.25) is 0 Å². The molecule has 1 N–H and O–H groups in total. The van der Waals surface area contributed by atoms with E-state index in [9.17, 15) is 13.5 Å². The Kier molecular flexibility index (Phi) is 4.65. The van der Waals surface area contributed by atoms with E-state index >= 15 is 0 Å². The highest BCUT2D eigenvalue weighted by molar-refractivity contribution is 7.90. The Bertz CT molecular complexity index is 1520. The molecule has 154 valence electrons. The summed E-state index contributed by atoms with van der Waals surface area (Å²) in [5, 5.41) is 11.7. The van der Waals surface area contributed by atoms with Gasteiger partial charge in [-0.1, -0.05) is 72.3 Å². The molecule has 1 aromatic heterocycles. The van der Waals surface area contributed by atoms with Gasteiger partial charge in [0.05, 0.1) is 22.5 Å². The first-order chi connectivity index (χ1) is 15.0. The SMILES string of the molecule is Cc1ccc(S(=O)(=O)n2c3ccccc3c3c(-c4ccccc4)c(CO)ccc32)cc1. The number of aromatic nitrogens is 1. The number of rotatable bonds is 4. The van der Waals surface area contributed by atoms with Crippen LogP contribution in [-0.4, -0.2) is 17.5 Å². The summed E-state index contributed by atoms with van der Waals surface area (Å²) < 4.78 is 28.9. The Hall–Kier alpha value is -3.41. The average molecular weight is 428 g/mol. The number of fused-ring (bicyclic) bond motifs is 3. The van der Waals surface area contributed by atoms with E-state index in [-0.39, 0.29) is 11.5 Å². The Balaban J connectivity index is 1.95. The number of aliphatic hydroxyl groups is 1. The third-order valence-electron chi connectivity index (χ3n) is 5.67. The minimum absolute atomic E-state index is 0.135. The van der Waals surface area contributed by atoms with Gasteiger partial charge in [-0.2, -0.15) is 0 Å². The van der Waals surface area contributed by atoms with Crippen molar-refractivity contribution in [3.05, 3.63) is 102 Å². The number of nitrogens with zero attached hydrogens (tertiary/aromatic N) is 1. The molecular weight excluding hydrogens is 406 g/mol. The predicted molar refractivity (Wildman–Crippen MR) is 125 cm³/mol. The Labute approximate surface area is 181 Å². The number of aliphatic hydroxyl groups excluding tert-OH is 1.